The van der Waals surface area contributed by atoms with Crippen molar-refractivity contribution in [2.45, 2.75) is 11.6 Å². The lowest BCUT2D eigenvalue weighted by molar-refractivity contribution is 0.578. The van der Waals surface area contributed by atoms with Gasteiger partial charge in [-0.15, -0.1) is 0 Å². The molecule has 138 valence electrons. The molecule has 0 aliphatic heterocycles. The number of fused-ring (bicyclic) bond motifs is 1. The van der Waals surface area contributed by atoms with Crippen LogP contribution in [0.25, 0.3) is 22.4 Å². The van der Waals surface area contributed by atoms with Gasteiger partial charge < -0.3 is 4.98 Å². The molecule has 3 heterocycles. The summed E-state index contributed by atoms with van der Waals surface area (Å²) < 4.78 is 27.7. The van der Waals surface area contributed by atoms with Crippen molar-refractivity contribution in [2.24, 2.45) is 0 Å². The summed E-state index contributed by atoms with van der Waals surface area (Å²) in [4.78, 5) is 7.06. The minimum Gasteiger partial charge on any atom is -0.343 e. The number of halogens is 2. The summed E-state index contributed by atoms with van der Waals surface area (Å²) >= 11 is 11.9. The van der Waals surface area contributed by atoms with Crippen LogP contribution in [-0.4, -0.2) is 28.6 Å². The van der Waals surface area contributed by atoms with Crippen LogP contribution in [0, 0.1) is 0 Å². The van der Waals surface area contributed by atoms with Crippen LogP contribution in [-0.2, 0) is 16.6 Å². The molecule has 0 aliphatic rings. The molecule has 0 saturated heterocycles. The molecular weight excluding hydrogens is 409 g/mol. The predicted molar refractivity (Wildman–Crippen MR) is 104 cm³/mol. The maximum atomic E-state index is 12.6. The van der Waals surface area contributed by atoms with Crippen molar-refractivity contribution < 1.29 is 8.42 Å². The van der Waals surface area contributed by atoms with E-state index in [0.717, 1.165) is 5.39 Å². The third-order valence-corrected chi connectivity index (χ3v) is 5.94. The Bertz CT molecular complexity index is 1230. The van der Waals surface area contributed by atoms with Crippen LogP contribution in [0.2, 0.25) is 10.0 Å². The van der Waals surface area contributed by atoms with E-state index in [0.29, 0.717) is 32.6 Å². The van der Waals surface area contributed by atoms with E-state index in [1.54, 1.807) is 36.5 Å². The molecule has 0 spiro atoms. The first-order valence-corrected chi connectivity index (χ1v) is 10.1. The van der Waals surface area contributed by atoms with Crippen molar-refractivity contribution in [3.63, 3.8) is 0 Å². The summed E-state index contributed by atoms with van der Waals surface area (Å²) in [5, 5.41) is 8.71. The van der Waals surface area contributed by atoms with Crippen molar-refractivity contribution in [3.8, 4) is 11.4 Å². The summed E-state index contributed by atoms with van der Waals surface area (Å²) in [5.41, 5.74) is 2.44. The average Bonchev–Trinajstić information content (AvgIpc) is 3.28. The van der Waals surface area contributed by atoms with E-state index in [1.165, 1.54) is 6.07 Å². The first kappa shape index (κ1) is 18.0. The Morgan fingerprint density at radius 1 is 1.11 bits per heavy atom. The molecule has 1 aromatic carbocycles. The van der Waals surface area contributed by atoms with Crippen LogP contribution >= 0.6 is 23.2 Å². The largest absolute Gasteiger partial charge is 0.343 e. The van der Waals surface area contributed by atoms with Gasteiger partial charge in [0, 0.05) is 28.2 Å². The van der Waals surface area contributed by atoms with Gasteiger partial charge in [0.15, 0.2) is 5.65 Å². The monoisotopic (exact) mass is 421 g/mol. The molecule has 4 rings (SSSR count). The zero-order chi connectivity index (χ0) is 19.0. The fourth-order valence-electron chi connectivity index (χ4n) is 2.65. The van der Waals surface area contributed by atoms with Gasteiger partial charge in [0.1, 0.15) is 5.03 Å². The Kier molecular flexibility index (Phi) is 4.65. The van der Waals surface area contributed by atoms with Gasteiger partial charge in [-0.1, -0.05) is 29.3 Å². The summed E-state index contributed by atoms with van der Waals surface area (Å²) in [7, 11) is -3.76. The second-order valence-corrected chi connectivity index (χ2v) is 8.35. The Balaban J connectivity index is 1.58. The van der Waals surface area contributed by atoms with E-state index in [9.17, 15) is 8.42 Å². The molecule has 0 amide bonds. The molecule has 4 aromatic rings. The molecule has 0 aliphatic carbocycles. The third-order valence-electron chi connectivity index (χ3n) is 4.02. The number of benzene rings is 1. The number of H-pyrrole nitrogens is 2. The third kappa shape index (κ3) is 3.57. The van der Waals surface area contributed by atoms with Gasteiger partial charge in [-0.3, -0.25) is 5.10 Å². The highest BCUT2D eigenvalue weighted by molar-refractivity contribution is 7.89. The number of aromatic amines is 2. The Morgan fingerprint density at radius 3 is 2.78 bits per heavy atom. The molecule has 0 radical (unpaired) electrons. The highest BCUT2D eigenvalue weighted by Crippen LogP contribution is 2.26. The number of sulfonamides is 1. The summed E-state index contributed by atoms with van der Waals surface area (Å²) in [6.07, 6.45) is 1.64. The topological polar surface area (TPSA) is 104 Å². The zero-order valence-corrected chi connectivity index (χ0v) is 16.0. The zero-order valence-electron chi connectivity index (χ0n) is 13.7. The van der Waals surface area contributed by atoms with E-state index in [-0.39, 0.29) is 11.6 Å². The molecule has 0 bridgehead atoms. The second kappa shape index (κ2) is 6.97. The lowest BCUT2D eigenvalue weighted by atomic mass is 10.2. The smallest absolute Gasteiger partial charge is 0.256 e. The Hall–Kier alpha value is -2.39. The van der Waals surface area contributed by atoms with E-state index >= 15 is 0 Å². The van der Waals surface area contributed by atoms with Crippen LogP contribution in [0.15, 0.2) is 53.7 Å². The lowest BCUT2D eigenvalue weighted by Gasteiger charge is -2.07. The number of rotatable bonds is 5. The Labute approximate surface area is 164 Å². The van der Waals surface area contributed by atoms with Crippen molar-refractivity contribution in [3.05, 3.63) is 64.3 Å². The van der Waals surface area contributed by atoms with Crippen molar-refractivity contribution in [1.82, 2.24) is 24.9 Å². The predicted octanol–water partition coefficient (Wildman–Crippen LogP) is 3.74. The molecule has 3 aromatic heterocycles. The molecule has 27 heavy (non-hydrogen) atoms. The van der Waals surface area contributed by atoms with Gasteiger partial charge in [-0.25, -0.2) is 18.1 Å². The minimum atomic E-state index is -3.76. The van der Waals surface area contributed by atoms with Crippen LogP contribution < -0.4 is 4.72 Å². The van der Waals surface area contributed by atoms with Crippen LogP contribution in [0.4, 0.5) is 0 Å². The highest BCUT2D eigenvalue weighted by atomic mass is 35.5. The van der Waals surface area contributed by atoms with Gasteiger partial charge in [0.05, 0.1) is 11.4 Å². The molecule has 3 N–H and O–H groups in total. The second-order valence-electron chi connectivity index (χ2n) is 5.77. The quantitative estimate of drug-likeness (QED) is 0.456. The van der Waals surface area contributed by atoms with Gasteiger partial charge in [0.25, 0.3) is 10.0 Å². The van der Waals surface area contributed by atoms with E-state index in [4.69, 9.17) is 23.2 Å². The first-order chi connectivity index (χ1) is 12.9. The van der Waals surface area contributed by atoms with E-state index in [2.05, 4.69) is 24.9 Å². The number of hydrogen-bond acceptors (Lipinski definition) is 4. The SMILES string of the molecule is O=S(=O)(NCc1ccc(Cl)cc1Cl)c1ccc(-c2[nH]nc3ncccc23)[nH]1. The van der Waals surface area contributed by atoms with Crippen molar-refractivity contribution in [1.29, 1.82) is 0 Å². The Morgan fingerprint density at radius 2 is 1.96 bits per heavy atom. The normalized spacial score (nSPS) is 11.9. The summed E-state index contributed by atoms with van der Waals surface area (Å²) in [6, 6.07) is 11.7. The molecule has 0 fully saturated rings. The van der Waals surface area contributed by atoms with E-state index < -0.39 is 10.0 Å². The maximum absolute atomic E-state index is 12.6. The first-order valence-electron chi connectivity index (χ1n) is 7.86. The average molecular weight is 422 g/mol. The standard InChI is InChI=1S/C17H13Cl2N5O2S/c18-11-4-3-10(13(19)8-11)9-21-27(25,26)15-6-5-14(22-15)16-12-2-1-7-20-17(12)24-23-16/h1-8,21-22H,9H2,(H,20,23,24). The van der Waals surface area contributed by atoms with Crippen LogP contribution in [0.5, 0.6) is 0 Å². The summed E-state index contributed by atoms with van der Waals surface area (Å²) in [6.45, 7) is 0.0452. The molecule has 0 unspecified atom stereocenters. The van der Waals surface area contributed by atoms with E-state index in [1.807, 2.05) is 6.07 Å². The van der Waals surface area contributed by atoms with Crippen molar-refractivity contribution in [2.75, 3.05) is 0 Å². The lowest BCUT2D eigenvalue weighted by Crippen LogP contribution is -2.23. The number of hydrogen-bond donors (Lipinski definition) is 3. The number of aromatic nitrogens is 4. The molecule has 10 heteroatoms. The minimum absolute atomic E-state index is 0.0363. The summed E-state index contributed by atoms with van der Waals surface area (Å²) in [5.74, 6) is 0. The van der Waals surface area contributed by atoms with Gasteiger partial charge in [0.2, 0.25) is 0 Å². The van der Waals surface area contributed by atoms with Crippen LogP contribution in [0.3, 0.4) is 0 Å². The van der Waals surface area contributed by atoms with Gasteiger partial charge >= 0.3 is 0 Å². The fraction of sp³-hybridized carbons (Fsp3) is 0.0588. The number of pyridine rings is 1. The molecule has 7 nitrogen and oxygen atoms in total. The molecule has 0 atom stereocenters. The number of nitrogens with one attached hydrogen (secondary N) is 3. The van der Waals surface area contributed by atoms with Gasteiger partial charge in [-0.05, 0) is 42.0 Å². The van der Waals surface area contributed by atoms with Crippen LogP contribution in [0.1, 0.15) is 5.56 Å². The maximum Gasteiger partial charge on any atom is 0.256 e. The highest BCUT2D eigenvalue weighted by Gasteiger charge is 2.18. The number of nitrogens with zero attached hydrogens (tertiary/aromatic N) is 2. The van der Waals surface area contributed by atoms with Gasteiger partial charge in [-0.2, -0.15) is 5.10 Å². The van der Waals surface area contributed by atoms with Crippen molar-refractivity contribution >= 4 is 44.3 Å². The molecule has 0 saturated carbocycles. The molecular formula is C17H13Cl2N5O2S. The fourth-order valence-corrected chi connectivity index (χ4v) is 4.12.